The maximum atomic E-state index is 12.3. The zero-order valence-electron chi connectivity index (χ0n) is 16.0. The lowest BCUT2D eigenvalue weighted by Gasteiger charge is -2.14. The molecule has 3 N–H and O–H groups in total. The molecule has 2 aromatic carbocycles. The second kappa shape index (κ2) is 8.55. The predicted octanol–water partition coefficient (Wildman–Crippen LogP) is 2.68. The first-order chi connectivity index (χ1) is 13.8. The van der Waals surface area contributed by atoms with E-state index in [1.807, 2.05) is 6.07 Å². The molecule has 3 rings (SSSR count). The number of ketones is 1. The Hall–Kier alpha value is -3.68. The maximum absolute atomic E-state index is 12.3. The molecule has 0 spiro atoms. The molecule has 0 fully saturated rings. The van der Waals surface area contributed by atoms with Gasteiger partial charge in [-0.05, 0) is 49.7 Å². The van der Waals surface area contributed by atoms with Crippen molar-refractivity contribution in [2.24, 2.45) is 0 Å². The second-order valence-electron chi connectivity index (χ2n) is 6.73. The van der Waals surface area contributed by atoms with Crippen molar-refractivity contribution in [2.75, 3.05) is 17.2 Å². The van der Waals surface area contributed by atoms with Gasteiger partial charge >= 0.3 is 12.0 Å². The van der Waals surface area contributed by atoms with Crippen LogP contribution in [0.4, 0.5) is 16.2 Å². The Morgan fingerprint density at radius 1 is 1.14 bits per heavy atom. The maximum Gasteiger partial charge on any atom is 0.328 e. The number of benzene rings is 2. The number of hydrogen-bond acceptors (Lipinski definition) is 5. The van der Waals surface area contributed by atoms with E-state index in [1.165, 1.54) is 6.92 Å². The fourth-order valence-electron chi connectivity index (χ4n) is 2.88. The molecule has 0 bridgehead atoms. The number of carbonyl (C=O) groups is 4. The van der Waals surface area contributed by atoms with Crippen LogP contribution in [-0.2, 0) is 14.3 Å². The SMILES string of the molecule is C[C@H](NC(=O)Nc1ccccc1)C(=O)OCC(=O)c1ccc2c(c1)[C@H](C)C(=O)N2. The van der Waals surface area contributed by atoms with Gasteiger partial charge in [0.15, 0.2) is 12.4 Å². The van der Waals surface area contributed by atoms with Crippen molar-refractivity contribution in [2.45, 2.75) is 25.8 Å². The van der Waals surface area contributed by atoms with Crippen LogP contribution in [0.3, 0.4) is 0 Å². The number of para-hydroxylation sites is 1. The summed E-state index contributed by atoms with van der Waals surface area (Å²) in [5, 5.41) is 7.78. The molecular formula is C21H21N3O5. The fourth-order valence-corrected chi connectivity index (χ4v) is 2.88. The smallest absolute Gasteiger partial charge is 0.328 e. The second-order valence-corrected chi connectivity index (χ2v) is 6.73. The van der Waals surface area contributed by atoms with Crippen LogP contribution in [0.2, 0.25) is 0 Å². The van der Waals surface area contributed by atoms with Crippen molar-refractivity contribution < 1.29 is 23.9 Å². The molecule has 1 aliphatic heterocycles. The van der Waals surface area contributed by atoms with E-state index < -0.39 is 30.4 Å². The molecular weight excluding hydrogens is 374 g/mol. The van der Waals surface area contributed by atoms with Crippen LogP contribution < -0.4 is 16.0 Å². The van der Waals surface area contributed by atoms with Crippen molar-refractivity contribution in [1.82, 2.24) is 5.32 Å². The third-order valence-corrected chi connectivity index (χ3v) is 4.57. The van der Waals surface area contributed by atoms with E-state index in [0.717, 1.165) is 5.56 Å². The van der Waals surface area contributed by atoms with Gasteiger partial charge in [-0.25, -0.2) is 9.59 Å². The quantitative estimate of drug-likeness (QED) is 0.514. The van der Waals surface area contributed by atoms with Crippen molar-refractivity contribution in [3.63, 3.8) is 0 Å². The Balaban J connectivity index is 1.50. The average molecular weight is 395 g/mol. The minimum Gasteiger partial charge on any atom is -0.456 e. The lowest BCUT2D eigenvalue weighted by atomic mass is 9.99. The van der Waals surface area contributed by atoms with Crippen LogP contribution in [-0.4, -0.2) is 36.3 Å². The van der Waals surface area contributed by atoms with Gasteiger partial charge in [0.05, 0.1) is 5.92 Å². The zero-order valence-corrected chi connectivity index (χ0v) is 16.0. The van der Waals surface area contributed by atoms with Gasteiger partial charge < -0.3 is 20.7 Å². The van der Waals surface area contributed by atoms with Gasteiger partial charge in [0, 0.05) is 16.9 Å². The normalized spacial score (nSPS) is 15.7. The number of fused-ring (bicyclic) bond motifs is 1. The summed E-state index contributed by atoms with van der Waals surface area (Å²) >= 11 is 0. The predicted molar refractivity (Wildman–Crippen MR) is 107 cm³/mol. The lowest BCUT2D eigenvalue weighted by Crippen LogP contribution is -2.42. The van der Waals surface area contributed by atoms with Crippen LogP contribution in [0, 0.1) is 0 Å². The molecule has 3 amide bonds. The van der Waals surface area contributed by atoms with Gasteiger partial charge in [-0.15, -0.1) is 0 Å². The third-order valence-electron chi connectivity index (χ3n) is 4.57. The Morgan fingerprint density at radius 2 is 1.86 bits per heavy atom. The summed E-state index contributed by atoms with van der Waals surface area (Å²) in [6.07, 6.45) is 0. The van der Waals surface area contributed by atoms with Crippen molar-refractivity contribution in [1.29, 1.82) is 0 Å². The molecule has 29 heavy (non-hydrogen) atoms. The molecule has 150 valence electrons. The minimum atomic E-state index is -0.937. The van der Waals surface area contributed by atoms with E-state index in [0.29, 0.717) is 16.9 Å². The molecule has 0 saturated heterocycles. The zero-order chi connectivity index (χ0) is 21.0. The van der Waals surface area contributed by atoms with E-state index in [9.17, 15) is 19.2 Å². The first kappa shape index (κ1) is 20.1. The molecule has 2 atom stereocenters. The van der Waals surface area contributed by atoms with E-state index >= 15 is 0 Å². The Morgan fingerprint density at radius 3 is 2.59 bits per heavy atom. The van der Waals surface area contributed by atoms with Crippen molar-refractivity contribution >= 4 is 35.1 Å². The van der Waals surface area contributed by atoms with Gasteiger partial charge in [-0.3, -0.25) is 9.59 Å². The highest BCUT2D eigenvalue weighted by atomic mass is 16.5. The first-order valence-corrected chi connectivity index (χ1v) is 9.12. The van der Waals surface area contributed by atoms with Crippen LogP contribution in [0.1, 0.15) is 35.7 Å². The van der Waals surface area contributed by atoms with Crippen LogP contribution in [0.25, 0.3) is 0 Å². The number of urea groups is 1. The largest absolute Gasteiger partial charge is 0.456 e. The highest BCUT2D eigenvalue weighted by Gasteiger charge is 2.27. The summed E-state index contributed by atoms with van der Waals surface area (Å²) in [6, 6.07) is 12.1. The fraction of sp³-hybridized carbons (Fsp3) is 0.238. The third kappa shape index (κ3) is 4.78. The molecule has 8 heteroatoms. The number of nitrogens with one attached hydrogen (secondary N) is 3. The highest BCUT2D eigenvalue weighted by molar-refractivity contribution is 6.05. The molecule has 1 aliphatic rings. The summed E-state index contributed by atoms with van der Waals surface area (Å²) in [7, 11) is 0. The van der Waals surface area contributed by atoms with E-state index in [1.54, 1.807) is 49.4 Å². The number of amides is 3. The molecule has 0 saturated carbocycles. The van der Waals surface area contributed by atoms with Gasteiger partial charge in [0.25, 0.3) is 0 Å². The van der Waals surface area contributed by atoms with Gasteiger partial charge in [0.1, 0.15) is 6.04 Å². The van der Waals surface area contributed by atoms with Crippen LogP contribution in [0.5, 0.6) is 0 Å². The summed E-state index contributed by atoms with van der Waals surface area (Å²) in [4.78, 5) is 48.0. The molecule has 0 aliphatic carbocycles. The Labute approximate surface area is 167 Å². The van der Waals surface area contributed by atoms with E-state index in [2.05, 4.69) is 16.0 Å². The molecule has 2 aromatic rings. The van der Waals surface area contributed by atoms with Crippen LogP contribution >= 0.6 is 0 Å². The van der Waals surface area contributed by atoms with Gasteiger partial charge in [0.2, 0.25) is 5.91 Å². The number of Topliss-reactive ketones (excluding diaryl/α,β-unsaturated/α-hetero) is 1. The number of carbonyl (C=O) groups excluding carboxylic acids is 4. The highest BCUT2D eigenvalue weighted by Crippen LogP contribution is 2.32. The monoisotopic (exact) mass is 395 g/mol. The number of anilines is 2. The summed E-state index contributed by atoms with van der Waals surface area (Å²) < 4.78 is 5.02. The van der Waals surface area contributed by atoms with Crippen molar-refractivity contribution in [3.05, 3.63) is 59.7 Å². The standard InChI is InChI=1S/C21H21N3O5/c1-12-16-10-14(8-9-17(16)24-19(12)26)18(25)11-29-20(27)13(2)22-21(28)23-15-6-4-3-5-7-15/h3-10,12-13H,11H2,1-2H3,(H,24,26)(H2,22,23,28)/t12-,13-/m0/s1. The summed E-state index contributed by atoms with van der Waals surface area (Å²) in [5.74, 6) is -1.58. The Kier molecular flexibility index (Phi) is 5.92. The molecule has 1 heterocycles. The minimum absolute atomic E-state index is 0.121. The molecule has 8 nitrogen and oxygen atoms in total. The van der Waals surface area contributed by atoms with E-state index in [4.69, 9.17) is 4.74 Å². The first-order valence-electron chi connectivity index (χ1n) is 9.12. The van der Waals surface area contributed by atoms with Gasteiger partial charge in [-0.2, -0.15) is 0 Å². The number of ether oxygens (including phenoxy) is 1. The molecule has 0 radical (unpaired) electrons. The molecule has 0 unspecified atom stereocenters. The number of esters is 1. The van der Waals surface area contributed by atoms with Gasteiger partial charge in [-0.1, -0.05) is 18.2 Å². The lowest BCUT2D eigenvalue weighted by molar-refractivity contribution is -0.144. The van der Waals surface area contributed by atoms with Crippen LogP contribution in [0.15, 0.2) is 48.5 Å². The Bertz CT molecular complexity index is 958. The number of rotatable bonds is 6. The van der Waals surface area contributed by atoms with E-state index in [-0.39, 0.29) is 11.8 Å². The summed E-state index contributed by atoms with van der Waals surface area (Å²) in [6.45, 7) is 2.76. The topological polar surface area (TPSA) is 114 Å². The summed E-state index contributed by atoms with van der Waals surface area (Å²) in [5.41, 5.74) is 2.35. The average Bonchev–Trinajstić information content (AvgIpc) is 2.99. The van der Waals surface area contributed by atoms with Crippen molar-refractivity contribution in [3.8, 4) is 0 Å². The number of hydrogen-bond donors (Lipinski definition) is 3. The molecule has 0 aromatic heterocycles.